The average Bonchev–Trinajstić information content (AvgIpc) is 2.63. The number of carbonyl (C=O) groups excluding carboxylic acids is 1. The summed E-state index contributed by atoms with van der Waals surface area (Å²) < 4.78 is 3.30. The molecule has 3 nitrogen and oxygen atoms in total. The Morgan fingerprint density at radius 3 is 1.80 bits per heavy atom. The van der Waals surface area contributed by atoms with E-state index in [4.69, 9.17) is 0 Å². The predicted molar refractivity (Wildman–Crippen MR) is 106 cm³/mol. The molecule has 3 rings (SSSR count). The molecule has 25 heavy (non-hydrogen) atoms. The average molecular weight is 348 g/mol. The van der Waals surface area contributed by atoms with Crippen LogP contribution >= 0.6 is 11.9 Å². The lowest BCUT2D eigenvalue weighted by atomic mass is 10.2. The van der Waals surface area contributed by atoms with Crippen LogP contribution in [0.3, 0.4) is 0 Å². The molecule has 0 bridgehead atoms. The lowest BCUT2D eigenvalue weighted by Crippen LogP contribution is -2.11. The second-order valence-corrected chi connectivity index (χ2v) is 6.79. The Hall–Kier alpha value is -2.72. The van der Waals surface area contributed by atoms with Crippen molar-refractivity contribution in [1.82, 2.24) is 0 Å². The van der Waals surface area contributed by atoms with Gasteiger partial charge in [-0.15, -0.1) is 0 Å². The Morgan fingerprint density at radius 2 is 1.24 bits per heavy atom. The Labute approximate surface area is 152 Å². The molecule has 0 radical (unpaired) electrons. The number of rotatable bonds is 5. The molecule has 0 aliphatic rings. The van der Waals surface area contributed by atoms with Crippen LogP contribution in [0.15, 0.2) is 77.7 Å². The van der Waals surface area contributed by atoms with Crippen LogP contribution in [0, 0.1) is 13.8 Å². The fraction of sp³-hybridized carbons (Fsp3) is 0.0952. The molecule has 1 amide bonds. The van der Waals surface area contributed by atoms with Crippen LogP contribution in [0.5, 0.6) is 0 Å². The maximum atomic E-state index is 12.3. The largest absolute Gasteiger partial charge is 0.326 e. The predicted octanol–water partition coefficient (Wildman–Crippen LogP) is 5.67. The molecule has 0 spiro atoms. The van der Waals surface area contributed by atoms with Crippen molar-refractivity contribution in [2.24, 2.45) is 0 Å². The van der Waals surface area contributed by atoms with E-state index >= 15 is 0 Å². The van der Waals surface area contributed by atoms with Gasteiger partial charge in [0.2, 0.25) is 0 Å². The number of anilines is 2. The van der Waals surface area contributed by atoms with Crippen molar-refractivity contribution < 1.29 is 4.79 Å². The van der Waals surface area contributed by atoms with Gasteiger partial charge in [0.25, 0.3) is 5.91 Å². The Kier molecular flexibility index (Phi) is 5.41. The zero-order chi connectivity index (χ0) is 17.6. The highest BCUT2D eigenvalue weighted by molar-refractivity contribution is 8.00. The maximum absolute atomic E-state index is 12.3. The molecular formula is C21H20N2OS. The molecule has 0 saturated carbocycles. The van der Waals surface area contributed by atoms with Crippen molar-refractivity contribution in [3.05, 3.63) is 89.5 Å². The summed E-state index contributed by atoms with van der Waals surface area (Å²) in [7, 11) is 0. The third kappa shape index (κ3) is 4.88. The summed E-state index contributed by atoms with van der Waals surface area (Å²) in [4.78, 5) is 13.3. The quantitative estimate of drug-likeness (QED) is 0.583. The molecule has 4 heteroatoms. The second-order valence-electron chi connectivity index (χ2n) is 5.91. The van der Waals surface area contributed by atoms with Crippen LogP contribution in [-0.4, -0.2) is 5.91 Å². The zero-order valence-corrected chi connectivity index (χ0v) is 15.1. The van der Waals surface area contributed by atoms with E-state index < -0.39 is 0 Å². The van der Waals surface area contributed by atoms with Gasteiger partial charge in [-0.25, -0.2) is 0 Å². The van der Waals surface area contributed by atoms with Gasteiger partial charge in [-0.05, 0) is 74.3 Å². The first-order valence-electron chi connectivity index (χ1n) is 8.08. The van der Waals surface area contributed by atoms with Crippen molar-refractivity contribution in [1.29, 1.82) is 0 Å². The first kappa shape index (κ1) is 17.1. The molecule has 2 N–H and O–H groups in total. The van der Waals surface area contributed by atoms with Gasteiger partial charge in [0.05, 0.1) is 0 Å². The van der Waals surface area contributed by atoms with E-state index in [0.29, 0.717) is 5.56 Å². The lowest BCUT2D eigenvalue weighted by Gasteiger charge is -2.08. The summed E-state index contributed by atoms with van der Waals surface area (Å²) in [5, 5.41) is 2.91. The van der Waals surface area contributed by atoms with Crippen molar-refractivity contribution in [3.63, 3.8) is 0 Å². The number of aryl methyl sites for hydroxylation is 2. The van der Waals surface area contributed by atoms with Crippen molar-refractivity contribution in [2.45, 2.75) is 18.7 Å². The third-order valence-electron chi connectivity index (χ3n) is 3.76. The number of benzene rings is 3. The fourth-order valence-electron chi connectivity index (χ4n) is 2.25. The molecule has 3 aromatic rings. The third-order valence-corrected chi connectivity index (χ3v) is 4.61. The number of amides is 1. The van der Waals surface area contributed by atoms with Gasteiger partial charge in [-0.2, -0.15) is 0 Å². The van der Waals surface area contributed by atoms with Crippen LogP contribution in [-0.2, 0) is 0 Å². The minimum Gasteiger partial charge on any atom is -0.326 e. The molecule has 0 aliphatic heterocycles. The second kappa shape index (κ2) is 7.90. The number of nitrogens with one attached hydrogen (secondary N) is 2. The topological polar surface area (TPSA) is 41.1 Å². The molecule has 0 aliphatic carbocycles. The highest BCUT2D eigenvalue weighted by Gasteiger charge is 2.06. The summed E-state index contributed by atoms with van der Waals surface area (Å²) in [6, 6.07) is 23.6. The van der Waals surface area contributed by atoms with Crippen LogP contribution < -0.4 is 10.0 Å². The van der Waals surface area contributed by atoms with Crippen molar-refractivity contribution >= 4 is 29.2 Å². The van der Waals surface area contributed by atoms with E-state index in [2.05, 4.69) is 29.1 Å². The maximum Gasteiger partial charge on any atom is 0.255 e. The minimum atomic E-state index is -0.105. The van der Waals surface area contributed by atoms with Crippen LogP contribution in [0.2, 0.25) is 0 Å². The highest BCUT2D eigenvalue weighted by Crippen LogP contribution is 2.22. The molecule has 0 atom stereocenters. The molecule has 0 heterocycles. The summed E-state index contributed by atoms with van der Waals surface area (Å²) in [5.74, 6) is -0.105. The number of hydrogen-bond donors (Lipinski definition) is 2. The molecule has 3 aromatic carbocycles. The smallest absolute Gasteiger partial charge is 0.255 e. The Morgan fingerprint density at radius 1 is 0.720 bits per heavy atom. The van der Waals surface area contributed by atoms with Gasteiger partial charge in [-0.1, -0.05) is 35.4 Å². The number of hydrogen-bond acceptors (Lipinski definition) is 3. The van der Waals surface area contributed by atoms with E-state index in [1.807, 2.05) is 67.6 Å². The summed E-state index contributed by atoms with van der Waals surface area (Å²) in [5.41, 5.74) is 4.90. The van der Waals surface area contributed by atoms with Gasteiger partial charge < -0.3 is 10.0 Å². The van der Waals surface area contributed by atoms with Crippen LogP contribution in [0.25, 0.3) is 0 Å². The summed E-state index contributed by atoms with van der Waals surface area (Å²) >= 11 is 1.52. The molecule has 0 saturated heterocycles. The first-order valence-corrected chi connectivity index (χ1v) is 8.89. The summed E-state index contributed by atoms with van der Waals surface area (Å²) in [6.45, 7) is 4.09. The van der Waals surface area contributed by atoms with Gasteiger partial charge in [-0.3, -0.25) is 4.79 Å². The van der Waals surface area contributed by atoms with Gasteiger partial charge >= 0.3 is 0 Å². The zero-order valence-electron chi connectivity index (χ0n) is 14.2. The molecule has 0 fully saturated rings. The van der Waals surface area contributed by atoms with Crippen LogP contribution in [0.4, 0.5) is 11.4 Å². The molecular weight excluding hydrogens is 328 g/mol. The highest BCUT2D eigenvalue weighted by atomic mass is 32.2. The minimum absolute atomic E-state index is 0.105. The SMILES string of the molecule is Cc1ccc(NSc2ccc(C(=O)Nc3ccc(C)cc3)cc2)cc1. The lowest BCUT2D eigenvalue weighted by molar-refractivity contribution is 0.102. The van der Waals surface area contributed by atoms with E-state index in [1.54, 1.807) is 0 Å². The Balaban J connectivity index is 1.58. The standard InChI is InChI=1S/C21H20N2OS/c1-15-3-9-18(10-4-15)22-21(24)17-7-13-20(14-8-17)25-23-19-11-5-16(2)6-12-19/h3-14,23H,1-2H3,(H,22,24). The van der Waals surface area contributed by atoms with E-state index in [1.165, 1.54) is 23.1 Å². The van der Waals surface area contributed by atoms with Gasteiger partial charge in [0.1, 0.15) is 0 Å². The fourth-order valence-corrected chi connectivity index (χ4v) is 2.90. The first-order chi connectivity index (χ1) is 12.1. The van der Waals surface area contributed by atoms with Crippen LogP contribution in [0.1, 0.15) is 21.5 Å². The number of carbonyl (C=O) groups is 1. The Bertz CT molecular complexity index is 841. The summed E-state index contributed by atoms with van der Waals surface area (Å²) in [6.07, 6.45) is 0. The van der Waals surface area contributed by atoms with Gasteiger partial charge in [0, 0.05) is 21.8 Å². The molecule has 0 aromatic heterocycles. The molecule has 0 unspecified atom stereocenters. The van der Waals surface area contributed by atoms with Crippen molar-refractivity contribution in [3.8, 4) is 0 Å². The molecule has 126 valence electrons. The van der Waals surface area contributed by atoms with Gasteiger partial charge in [0.15, 0.2) is 0 Å². The monoisotopic (exact) mass is 348 g/mol. The van der Waals surface area contributed by atoms with E-state index in [0.717, 1.165) is 16.3 Å². The van der Waals surface area contributed by atoms with E-state index in [9.17, 15) is 4.79 Å². The van der Waals surface area contributed by atoms with Crippen molar-refractivity contribution in [2.75, 3.05) is 10.0 Å². The normalized spacial score (nSPS) is 10.3. The van der Waals surface area contributed by atoms with E-state index in [-0.39, 0.29) is 5.91 Å².